The Balaban J connectivity index is 1.81. The molecule has 0 aliphatic carbocycles. The monoisotopic (exact) mass is 251 g/mol. The Bertz CT molecular complexity index is 683. The molecule has 3 nitrogen and oxygen atoms in total. The molecule has 2 N–H and O–H groups in total. The maximum Gasteiger partial charge on any atom is 0.0651 e. The van der Waals surface area contributed by atoms with Gasteiger partial charge in [-0.25, -0.2) is 0 Å². The molecule has 1 atom stereocenters. The van der Waals surface area contributed by atoms with E-state index in [-0.39, 0.29) is 6.04 Å². The number of hydrogen-bond donors (Lipinski definition) is 2. The largest absolute Gasteiger partial charge is 0.379 e. The second-order valence-corrected chi connectivity index (χ2v) is 4.95. The van der Waals surface area contributed by atoms with Gasteiger partial charge in [0.05, 0.1) is 11.7 Å². The van der Waals surface area contributed by atoms with Crippen molar-refractivity contribution in [2.75, 3.05) is 5.32 Å². The van der Waals surface area contributed by atoms with Crippen molar-refractivity contribution in [3.8, 4) is 0 Å². The third kappa shape index (κ3) is 2.45. The first-order valence-corrected chi connectivity index (χ1v) is 6.48. The van der Waals surface area contributed by atoms with Crippen LogP contribution in [0.1, 0.15) is 24.1 Å². The number of benzene rings is 2. The highest BCUT2D eigenvalue weighted by atomic mass is 15.1. The Kier molecular flexibility index (Phi) is 2.95. The number of H-pyrrole nitrogens is 1. The normalized spacial score (nSPS) is 12.5. The van der Waals surface area contributed by atoms with Gasteiger partial charge in [0.25, 0.3) is 0 Å². The molecule has 1 heterocycles. The van der Waals surface area contributed by atoms with Gasteiger partial charge < -0.3 is 5.32 Å². The molecule has 0 aliphatic heterocycles. The van der Waals surface area contributed by atoms with Gasteiger partial charge in [-0.3, -0.25) is 5.10 Å². The van der Waals surface area contributed by atoms with E-state index in [1.807, 2.05) is 12.3 Å². The van der Waals surface area contributed by atoms with Crippen molar-refractivity contribution in [2.45, 2.75) is 19.9 Å². The number of aryl methyl sites for hydroxylation is 1. The number of aromatic amines is 1. The second-order valence-electron chi connectivity index (χ2n) is 4.95. The minimum Gasteiger partial charge on any atom is -0.379 e. The van der Waals surface area contributed by atoms with Gasteiger partial charge in [-0.1, -0.05) is 29.8 Å². The van der Waals surface area contributed by atoms with Crippen molar-refractivity contribution in [2.24, 2.45) is 0 Å². The van der Waals surface area contributed by atoms with Crippen molar-refractivity contribution in [3.63, 3.8) is 0 Å². The molecule has 0 radical (unpaired) electrons. The van der Waals surface area contributed by atoms with E-state index in [1.54, 1.807) is 0 Å². The molecule has 19 heavy (non-hydrogen) atoms. The van der Waals surface area contributed by atoms with E-state index in [1.165, 1.54) is 11.1 Å². The summed E-state index contributed by atoms with van der Waals surface area (Å²) in [6.45, 7) is 4.28. The number of anilines is 1. The van der Waals surface area contributed by atoms with Crippen LogP contribution in [0.3, 0.4) is 0 Å². The fourth-order valence-electron chi connectivity index (χ4n) is 2.22. The molecule has 0 saturated heterocycles. The quantitative estimate of drug-likeness (QED) is 0.737. The van der Waals surface area contributed by atoms with Crippen LogP contribution in [0.25, 0.3) is 10.9 Å². The Hall–Kier alpha value is -2.29. The first-order valence-electron chi connectivity index (χ1n) is 6.48. The lowest BCUT2D eigenvalue weighted by atomic mass is 10.1. The SMILES string of the molecule is Cc1ccc(C(C)Nc2ccc3[nH]ncc3c2)cc1. The summed E-state index contributed by atoms with van der Waals surface area (Å²) >= 11 is 0. The predicted octanol–water partition coefficient (Wildman–Crippen LogP) is 4.04. The van der Waals surface area contributed by atoms with Gasteiger partial charge in [-0.15, -0.1) is 0 Å². The summed E-state index contributed by atoms with van der Waals surface area (Å²) in [7, 11) is 0. The van der Waals surface area contributed by atoms with E-state index in [2.05, 4.69) is 65.8 Å². The first-order chi connectivity index (χ1) is 9.22. The van der Waals surface area contributed by atoms with E-state index in [9.17, 15) is 0 Å². The van der Waals surface area contributed by atoms with E-state index >= 15 is 0 Å². The van der Waals surface area contributed by atoms with E-state index in [0.717, 1.165) is 16.6 Å². The molecule has 1 aromatic heterocycles. The lowest BCUT2D eigenvalue weighted by Crippen LogP contribution is -2.06. The van der Waals surface area contributed by atoms with Crippen LogP contribution in [0.2, 0.25) is 0 Å². The van der Waals surface area contributed by atoms with E-state index in [0.29, 0.717) is 0 Å². The second kappa shape index (κ2) is 4.76. The minimum atomic E-state index is 0.282. The summed E-state index contributed by atoms with van der Waals surface area (Å²) in [6.07, 6.45) is 1.84. The molecule has 2 aromatic carbocycles. The zero-order valence-corrected chi connectivity index (χ0v) is 11.1. The van der Waals surface area contributed by atoms with Crippen molar-refractivity contribution < 1.29 is 0 Å². The summed E-state index contributed by atoms with van der Waals surface area (Å²) in [5.74, 6) is 0. The van der Waals surface area contributed by atoms with E-state index in [4.69, 9.17) is 0 Å². The first kappa shape index (κ1) is 11.8. The van der Waals surface area contributed by atoms with Crippen molar-refractivity contribution in [1.82, 2.24) is 10.2 Å². The zero-order valence-electron chi connectivity index (χ0n) is 11.1. The van der Waals surface area contributed by atoms with Gasteiger partial charge in [0.15, 0.2) is 0 Å². The number of rotatable bonds is 3. The molecule has 1 unspecified atom stereocenters. The van der Waals surface area contributed by atoms with Crippen LogP contribution in [0.15, 0.2) is 48.7 Å². The Morgan fingerprint density at radius 1 is 1.11 bits per heavy atom. The summed E-state index contributed by atoms with van der Waals surface area (Å²) in [5.41, 5.74) is 4.75. The molecule has 0 aliphatic rings. The van der Waals surface area contributed by atoms with Crippen LogP contribution in [-0.2, 0) is 0 Å². The number of hydrogen-bond acceptors (Lipinski definition) is 2. The standard InChI is InChI=1S/C16H17N3/c1-11-3-5-13(6-4-11)12(2)18-15-7-8-16-14(9-15)10-17-19-16/h3-10,12,18H,1-2H3,(H,17,19). The Morgan fingerprint density at radius 3 is 2.68 bits per heavy atom. The molecule has 3 rings (SSSR count). The van der Waals surface area contributed by atoms with Crippen LogP contribution in [0.4, 0.5) is 5.69 Å². The van der Waals surface area contributed by atoms with Crippen molar-refractivity contribution >= 4 is 16.6 Å². The molecule has 96 valence electrons. The fraction of sp³-hybridized carbons (Fsp3) is 0.188. The number of nitrogens with zero attached hydrogens (tertiary/aromatic N) is 1. The zero-order chi connectivity index (χ0) is 13.2. The lowest BCUT2D eigenvalue weighted by Gasteiger charge is -2.16. The number of fused-ring (bicyclic) bond motifs is 1. The summed E-state index contributed by atoms with van der Waals surface area (Å²) in [6, 6.07) is 15.2. The maximum atomic E-state index is 4.04. The van der Waals surface area contributed by atoms with Crippen LogP contribution in [0.5, 0.6) is 0 Å². The van der Waals surface area contributed by atoms with Gasteiger partial charge in [0, 0.05) is 17.1 Å². The highest BCUT2D eigenvalue weighted by Crippen LogP contribution is 2.22. The topological polar surface area (TPSA) is 40.7 Å². The number of aromatic nitrogens is 2. The average molecular weight is 251 g/mol. The van der Waals surface area contributed by atoms with Gasteiger partial charge in [0.2, 0.25) is 0 Å². The molecule has 0 spiro atoms. The Morgan fingerprint density at radius 2 is 1.89 bits per heavy atom. The molecular formula is C16H17N3. The van der Waals surface area contributed by atoms with Crippen LogP contribution < -0.4 is 5.32 Å². The smallest absolute Gasteiger partial charge is 0.0651 e. The van der Waals surface area contributed by atoms with Crippen molar-refractivity contribution in [1.29, 1.82) is 0 Å². The Labute approximate surface area is 112 Å². The maximum absolute atomic E-state index is 4.04. The summed E-state index contributed by atoms with van der Waals surface area (Å²) in [4.78, 5) is 0. The predicted molar refractivity (Wildman–Crippen MR) is 79.3 cm³/mol. The van der Waals surface area contributed by atoms with Gasteiger partial charge in [-0.2, -0.15) is 5.10 Å². The molecule has 0 bridgehead atoms. The minimum absolute atomic E-state index is 0.282. The number of nitrogens with one attached hydrogen (secondary N) is 2. The molecule has 0 saturated carbocycles. The molecule has 0 fully saturated rings. The van der Waals surface area contributed by atoms with Crippen LogP contribution in [0, 0.1) is 6.92 Å². The fourth-order valence-corrected chi connectivity index (χ4v) is 2.22. The average Bonchev–Trinajstić information content (AvgIpc) is 2.87. The highest BCUT2D eigenvalue weighted by molar-refractivity contribution is 5.81. The molecule has 0 amide bonds. The molecular weight excluding hydrogens is 234 g/mol. The third-order valence-corrected chi connectivity index (χ3v) is 3.40. The van der Waals surface area contributed by atoms with Crippen molar-refractivity contribution in [3.05, 3.63) is 59.8 Å². The summed E-state index contributed by atoms with van der Waals surface area (Å²) < 4.78 is 0. The lowest BCUT2D eigenvalue weighted by molar-refractivity contribution is 0.884. The van der Waals surface area contributed by atoms with Gasteiger partial charge >= 0.3 is 0 Å². The molecule has 3 heteroatoms. The van der Waals surface area contributed by atoms with E-state index < -0.39 is 0 Å². The summed E-state index contributed by atoms with van der Waals surface area (Å²) in [5, 5.41) is 11.6. The van der Waals surface area contributed by atoms with Crippen LogP contribution in [-0.4, -0.2) is 10.2 Å². The van der Waals surface area contributed by atoms with Gasteiger partial charge in [-0.05, 0) is 37.6 Å². The van der Waals surface area contributed by atoms with Crippen LogP contribution >= 0.6 is 0 Å². The highest BCUT2D eigenvalue weighted by Gasteiger charge is 2.05. The third-order valence-electron chi connectivity index (χ3n) is 3.40. The molecule has 3 aromatic rings. The van der Waals surface area contributed by atoms with Gasteiger partial charge in [0.1, 0.15) is 0 Å².